The number of hydrogen-bond acceptors (Lipinski definition) is 4. The van der Waals surface area contributed by atoms with Gasteiger partial charge in [0.2, 0.25) is 5.91 Å². The summed E-state index contributed by atoms with van der Waals surface area (Å²) in [7, 11) is 1.43. The lowest BCUT2D eigenvalue weighted by Gasteiger charge is -2.29. The molecule has 1 amide bonds. The molecule has 5 heteroatoms. The summed E-state index contributed by atoms with van der Waals surface area (Å²) < 4.78 is 10.6. The first-order valence-electron chi connectivity index (χ1n) is 8.01. The van der Waals surface area contributed by atoms with Crippen LogP contribution in [0.1, 0.15) is 59.3 Å². The molecule has 1 saturated carbocycles. The predicted octanol–water partition coefficient (Wildman–Crippen LogP) is 2.43. The first-order valence-corrected chi connectivity index (χ1v) is 8.01. The molecule has 0 spiro atoms. The fraction of sp³-hybridized carbons (Fsp3) is 0.875. The molecule has 0 aliphatic heterocycles. The zero-order chi connectivity index (χ0) is 15.8. The third kappa shape index (κ3) is 6.04. The van der Waals surface area contributed by atoms with E-state index < -0.39 is 6.10 Å². The van der Waals surface area contributed by atoms with E-state index in [1.54, 1.807) is 6.92 Å². The molecule has 1 aliphatic carbocycles. The van der Waals surface area contributed by atoms with Crippen LogP contribution < -0.4 is 5.32 Å². The molecule has 122 valence electrons. The minimum absolute atomic E-state index is 0.0106. The van der Waals surface area contributed by atoms with Gasteiger partial charge in [-0.05, 0) is 46.0 Å². The molecule has 0 saturated heterocycles. The monoisotopic (exact) mass is 299 g/mol. The van der Waals surface area contributed by atoms with E-state index in [1.807, 2.05) is 6.92 Å². The molecule has 1 N–H and O–H groups in total. The van der Waals surface area contributed by atoms with Gasteiger partial charge in [0.1, 0.15) is 6.10 Å². The van der Waals surface area contributed by atoms with Gasteiger partial charge in [0.15, 0.2) is 0 Å². The van der Waals surface area contributed by atoms with Crippen molar-refractivity contribution < 1.29 is 19.1 Å². The molecule has 21 heavy (non-hydrogen) atoms. The molecular weight excluding hydrogens is 270 g/mol. The van der Waals surface area contributed by atoms with Crippen LogP contribution in [0.3, 0.4) is 0 Å². The highest BCUT2D eigenvalue weighted by Crippen LogP contribution is 2.27. The lowest BCUT2D eigenvalue weighted by Crippen LogP contribution is -2.42. The third-order valence-corrected chi connectivity index (χ3v) is 4.08. The Labute approximate surface area is 127 Å². The van der Waals surface area contributed by atoms with Crippen molar-refractivity contribution in [3.63, 3.8) is 0 Å². The summed E-state index contributed by atoms with van der Waals surface area (Å²) in [6.45, 7) is 5.90. The molecule has 0 aromatic heterocycles. The van der Waals surface area contributed by atoms with Crippen LogP contribution >= 0.6 is 0 Å². The highest BCUT2D eigenvalue weighted by molar-refractivity contribution is 5.80. The van der Waals surface area contributed by atoms with Crippen LogP contribution in [0.2, 0.25) is 0 Å². The molecule has 0 aromatic rings. The molecular formula is C16H29NO4. The maximum atomic E-state index is 12.0. The summed E-state index contributed by atoms with van der Waals surface area (Å²) in [4.78, 5) is 23.5. The van der Waals surface area contributed by atoms with Gasteiger partial charge in [-0.1, -0.05) is 13.3 Å². The minimum Gasteiger partial charge on any atom is -0.469 e. The average Bonchev–Trinajstić information content (AvgIpc) is 2.47. The molecule has 2 unspecified atom stereocenters. The number of methoxy groups -OCH3 is 1. The molecule has 1 aliphatic rings. The van der Waals surface area contributed by atoms with Gasteiger partial charge >= 0.3 is 5.97 Å². The number of carbonyl (C=O) groups excluding carboxylic acids is 2. The summed E-state index contributed by atoms with van der Waals surface area (Å²) >= 11 is 0. The molecule has 2 atom stereocenters. The van der Waals surface area contributed by atoms with Crippen molar-refractivity contribution in [2.24, 2.45) is 5.92 Å². The van der Waals surface area contributed by atoms with Gasteiger partial charge in [0, 0.05) is 6.04 Å². The fourth-order valence-electron chi connectivity index (χ4n) is 2.82. The largest absolute Gasteiger partial charge is 0.469 e. The number of rotatable bonds is 7. The Kier molecular flexibility index (Phi) is 7.72. The van der Waals surface area contributed by atoms with Gasteiger partial charge in [0.05, 0.1) is 19.1 Å². The molecule has 0 bridgehead atoms. The quantitative estimate of drug-likeness (QED) is 0.733. The first kappa shape index (κ1) is 18.0. The average molecular weight is 299 g/mol. The topological polar surface area (TPSA) is 64.6 Å². The van der Waals surface area contributed by atoms with Gasteiger partial charge < -0.3 is 14.8 Å². The summed E-state index contributed by atoms with van der Waals surface area (Å²) in [6.07, 6.45) is 4.81. The van der Waals surface area contributed by atoms with Gasteiger partial charge in [-0.15, -0.1) is 0 Å². The van der Waals surface area contributed by atoms with E-state index in [-0.39, 0.29) is 29.9 Å². The van der Waals surface area contributed by atoms with Crippen molar-refractivity contribution in [3.05, 3.63) is 0 Å². The van der Waals surface area contributed by atoms with E-state index >= 15 is 0 Å². The maximum Gasteiger partial charge on any atom is 0.308 e. The summed E-state index contributed by atoms with van der Waals surface area (Å²) in [6, 6.07) is 0.184. The Morgan fingerprint density at radius 1 is 1.19 bits per heavy atom. The van der Waals surface area contributed by atoms with E-state index in [0.29, 0.717) is 0 Å². The lowest BCUT2D eigenvalue weighted by molar-refractivity contribution is -0.149. The van der Waals surface area contributed by atoms with Gasteiger partial charge in [-0.3, -0.25) is 9.59 Å². The molecule has 0 heterocycles. The number of amides is 1. The number of nitrogens with one attached hydrogen (secondary N) is 1. The second kappa shape index (κ2) is 9.03. The van der Waals surface area contributed by atoms with E-state index in [9.17, 15) is 9.59 Å². The molecule has 1 rings (SSSR count). The predicted molar refractivity (Wildman–Crippen MR) is 80.8 cm³/mol. The van der Waals surface area contributed by atoms with Crippen LogP contribution in [0.15, 0.2) is 0 Å². The second-order valence-electron chi connectivity index (χ2n) is 5.97. The lowest BCUT2D eigenvalue weighted by atomic mass is 9.87. The first-order chi connectivity index (χ1) is 9.97. The number of carbonyl (C=O) groups is 2. The Bertz CT molecular complexity index is 337. The van der Waals surface area contributed by atoms with Crippen LogP contribution in [0.5, 0.6) is 0 Å². The van der Waals surface area contributed by atoms with Crippen molar-refractivity contribution in [1.29, 1.82) is 0 Å². The van der Waals surface area contributed by atoms with Crippen LogP contribution in [-0.4, -0.2) is 37.2 Å². The Hall–Kier alpha value is -1.10. The number of esters is 1. The SMILES string of the molecule is CCCC(C)NC(=O)C(C)OC1CCC(C(=O)OC)CC1. The van der Waals surface area contributed by atoms with Gasteiger partial charge in [-0.25, -0.2) is 0 Å². The molecule has 0 aromatic carbocycles. The van der Waals surface area contributed by atoms with Gasteiger partial charge in [-0.2, -0.15) is 0 Å². The standard InChI is InChI=1S/C16H29NO4/c1-5-6-11(2)17-15(18)12(3)21-14-9-7-13(8-10-14)16(19)20-4/h11-14H,5-10H2,1-4H3,(H,17,18). The number of hydrogen-bond donors (Lipinski definition) is 1. The van der Waals surface area contributed by atoms with E-state index in [4.69, 9.17) is 9.47 Å². The Morgan fingerprint density at radius 2 is 1.81 bits per heavy atom. The van der Waals surface area contributed by atoms with Crippen molar-refractivity contribution in [3.8, 4) is 0 Å². The smallest absolute Gasteiger partial charge is 0.308 e. The molecule has 1 fully saturated rings. The minimum atomic E-state index is -0.441. The molecule has 5 nitrogen and oxygen atoms in total. The second-order valence-corrected chi connectivity index (χ2v) is 5.97. The molecule has 0 radical (unpaired) electrons. The maximum absolute atomic E-state index is 12.0. The van der Waals surface area contributed by atoms with Crippen LogP contribution in [-0.2, 0) is 19.1 Å². The zero-order valence-electron chi connectivity index (χ0n) is 13.7. The normalized spacial score (nSPS) is 25.0. The summed E-state index contributed by atoms with van der Waals surface area (Å²) in [5.74, 6) is -0.192. The van der Waals surface area contributed by atoms with Crippen LogP contribution in [0.25, 0.3) is 0 Å². The van der Waals surface area contributed by atoms with Crippen LogP contribution in [0.4, 0.5) is 0 Å². The van der Waals surface area contributed by atoms with Crippen LogP contribution in [0, 0.1) is 5.92 Å². The third-order valence-electron chi connectivity index (χ3n) is 4.08. The number of ether oxygens (including phenoxy) is 2. The van der Waals surface area contributed by atoms with E-state index in [0.717, 1.165) is 38.5 Å². The van der Waals surface area contributed by atoms with Gasteiger partial charge in [0.25, 0.3) is 0 Å². The summed E-state index contributed by atoms with van der Waals surface area (Å²) in [5.41, 5.74) is 0. The highest BCUT2D eigenvalue weighted by Gasteiger charge is 2.29. The van der Waals surface area contributed by atoms with Crippen molar-refractivity contribution >= 4 is 11.9 Å². The highest BCUT2D eigenvalue weighted by atomic mass is 16.5. The van der Waals surface area contributed by atoms with Crippen molar-refractivity contribution in [2.75, 3.05) is 7.11 Å². The Morgan fingerprint density at radius 3 is 2.33 bits per heavy atom. The summed E-state index contributed by atoms with van der Waals surface area (Å²) in [5, 5.41) is 2.97. The zero-order valence-corrected chi connectivity index (χ0v) is 13.7. The van der Waals surface area contributed by atoms with E-state index in [2.05, 4.69) is 12.2 Å². The van der Waals surface area contributed by atoms with Crippen molar-refractivity contribution in [1.82, 2.24) is 5.32 Å². The van der Waals surface area contributed by atoms with E-state index in [1.165, 1.54) is 7.11 Å². The Balaban J connectivity index is 2.31. The van der Waals surface area contributed by atoms with Crippen molar-refractivity contribution in [2.45, 2.75) is 77.5 Å². The fourth-order valence-corrected chi connectivity index (χ4v) is 2.82.